The number of anilines is 1. The number of hydrogen-bond donors (Lipinski definition) is 2. The predicted molar refractivity (Wildman–Crippen MR) is 113 cm³/mol. The zero-order valence-electron chi connectivity index (χ0n) is 15.6. The third-order valence-electron chi connectivity index (χ3n) is 4.05. The van der Waals surface area contributed by atoms with Crippen LogP contribution in [0.25, 0.3) is 0 Å². The van der Waals surface area contributed by atoms with Gasteiger partial charge in [-0.05, 0) is 30.7 Å². The Morgan fingerprint density at radius 2 is 1.93 bits per heavy atom. The van der Waals surface area contributed by atoms with E-state index >= 15 is 0 Å². The second-order valence-electron chi connectivity index (χ2n) is 6.06. The Kier molecular flexibility index (Phi) is 7.33. The van der Waals surface area contributed by atoms with Gasteiger partial charge in [-0.15, -0.1) is 10.2 Å². The molecule has 0 aliphatic heterocycles. The molecule has 2 N–H and O–H groups in total. The van der Waals surface area contributed by atoms with Crippen molar-refractivity contribution in [2.75, 3.05) is 11.1 Å². The van der Waals surface area contributed by atoms with E-state index in [1.54, 1.807) is 0 Å². The quantitative estimate of drug-likeness (QED) is 0.517. The molecule has 146 valence electrons. The predicted octanol–water partition coefficient (Wildman–Crippen LogP) is 3.97. The molecule has 28 heavy (non-hydrogen) atoms. The average Bonchev–Trinajstić information content (AvgIpc) is 3.12. The van der Waals surface area contributed by atoms with Crippen LogP contribution in [-0.4, -0.2) is 26.4 Å². The van der Waals surface area contributed by atoms with Gasteiger partial charge >= 0.3 is 0 Å². The Bertz CT molecular complexity index is 916. The van der Waals surface area contributed by atoms with Crippen molar-refractivity contribution in [3.63, 3.8) is 0 Å². The average molecular weight is 416 g/mol. The van der Waals surface area contributed by atoms with E-state index in [9.17, 15) is 4.79 Å². The highest BCUT2D eigenvalue weighted by Crippen LogP contribution is 2.19. The number of carbonyl (C=O) groups is 1. The molecular formula is C20H22ClN5OS. The van der Waals surface area contributed by atoms with Crippen molar-refractivity contribution in [3.8, 4) is 0 Å². The summed E-state index contributed by atoms with van der Waals surface area (Å²) in [6.45, 7) is 3.82. The summed E-state index contributed by atoms with van der Waals surface area (Å²) in [5, 5.41) is 16.1. The van der Waals surface area contributed by atoms with Crippen molar-refractivity contribution in [2.24, 2.45) is 0 Å². The summed E-state index contributed by atoms with van der Waals surface area (Å²) in [6, 6.07) is 17.4. The Morgan fingerprint density at radius 3 is 2.68 bits per heavy atom. The smallest absolute Gasteiger partial charge is 0.230 e. The fourth-order valence-corrected chi connectivity index (χ4v) is 3.67. The van der Waals surface area contributed by atoms with E-state index in [-0.39, 0.29) is 5.91 Å². The van der Waals surface area contributed by atoms with E-state index in [2.05, 4.69) is 20.8 Å². The summed E-state index contributed by atoms with van der Waals surface area (Å²) >= 11 is 7.40. The monoisotopic (exact) mass is 415 g/mol. The molecular weight excluding hydrogens is 394 g/mol. The Hall–Kier alpha value is -2.51. The van der Waals surface area contributed by atoms with Gasteiger partial charge in [-0.2, -0.15) is 0 Å². The molecule has 3 rings (SSSR count). The Labute approximate surface area is 173 Å². The van der Waals surface area contributed by atoms with E-state index in [1.807, 2.05) is 66.1 Å². The summed E-state index contributed by atoms with van der Waals surface area (Å²) in [5.41, 5.74) is 2.00. The van der Waals surface area contributed by atoms with Crippen LogP contribution in [0.4, 0.5) is 5.69 Å². The Morgan fingerprint density at radius 1 is 1.11 bits per heavy atom. The van der Waals surface area contributed by atoms with E-state index in [0.29, 0.717) is 23.9 Å². The first kappa shape index (κ1) is 20.2. The number of amides is 1. The number of nitrogens with one attached hydrogen (secondary N) is 2. The number of aromatic nitrogens is 3. The molecule has 0 saturated carbocycles. The van der Waals surface area contributed by atoms with Crippen LogP contribution >= 0.6 is 23.4 Å². The van der Waals surface area contributed by atoms with Crippen LogP contribution in [0, 0.1) is 0 Å². The van der Waals surface area contributed by atoms with Crippen LogP contribution < -0.4 is 10.6 Å². The van der Waals surface area contributed by atoms with Crippen molar-refractivity contribution in [3.05, 3.63) is 71.0 Å². The molecule has 0 atom stereocenters. The van der Waals surface area contributed by atoms with Crippen molar-refractivity contribution in [2.45, 2.75) is 31.7 Å². The summed E-state index contributed by atoms with van der Waals surface area (Å²) in [5.74, 6) is 1.08. The van der Waals surface area contributed by atoms with Gasteiger partial charge in [-0.3, -0.25) is 4.79 Å². The van der Waals surface area contributed by atoms with Crippen LogP contribution in [0.5, 0.6) is 0 Å². The second kappa shape index (κ2) is 10.1. The van der Waals surface area contributed by atoms with Crippen molar-refractivity contribution >= 4 is 35.0 Å². The van der Waals surface area contributed by atoms with Crippen molar-refractivity contribution in [1.82, 2.24) is 20.1 Å². The molecule has 0 saturated heterocycles. The first-order valence-electron chi connectivity index (χ1n) is 9.00. The van der Waals surface area contributed by atoms with E-state index in [1.165, 1.54) is 11.8 Å². The van der Waals surface area contributed by atoms with E-state index < -0.39 is 0 Å². The molecule has 0 bridgehead atoms. The SMILES string of the molecule is CCn1c(CNc2cccc(Cl)c2)nnc1SCC(=O)NCc1ccccc1. The molecule has 0 fully saturated rings. The van der Waals surface area contributed by atoms with Gasteiger partial charge in [0.15, 0.2) is 11.0 Å². The maximum absolute atomic E-state index is 12.1. The fraction of sp³-hybridized carbons (Fsp3) is 0.250. The molecule has 0 aliphatic carbocycles. The van der Waals surface area contributed by atoms with Gasteiger partial charge in [-0.1, -0.05) is 59.8 Å². The zero-order valence-corrected chi connectivity index (χ0v) is 17.1. The zero-order chi connectivity index (χ0) is 19.8. The number of benzene rings is 2. The third-order valence-corrected chi connectivity index (χ3v) is 5.25. The lowest BCUT2D eigenvalue weighted by Crippen LogP contribution is -2.24. The first-order valence-corrected chi connectivity index (χ1v) is 10.4. The number of thioether (sulfide) groups is 1. The minimum absolute atomic E-state index is 0.0295. The third kappa shape index (κ3) is 5.74. The molecule has 1 heterocycles. The van der Waals surface area contributed by atoms with Gasteiger partial charge in [0.05, 0.1) is 12.3 Å². The van der Waals surface area contributed by atoms with Gasteiger partial charge in [0.2, 0.25) is 5.91 Å². The number of rotatable bonds is 9. The maximum atomic E-state index is 12.1. The second-order valence-corrected chi connectivity index (χ2v) is 7.44. The summed E-state index contributed by atoms with van der Waals surface area (Å²) in [6.07, 6.45) is 0. The van der Waals surface area contributed by atoms with Crippen molar-refractivity contribution < 1.29 is 4.79 Å². The Balaban J connectivity index is 1.52. The van der Waals surface area contributed by atoms with Crippen LogP contribution in [0.3, 0.4) is 0 Å². The lowest BCUT2D eigenvalue weighted by molar-refractivity contribution is -0.118. The minimum atomic E-state index is -0.0295. The molecule has 0 aliphatic rings. The van der Waals surface area contributed by atoms with Crippen LogP contribution in [-0.2, 0) is 24.4 Å². The first-order chi connectivity index (χ1) is 13.7. The molecule has 2 aromatic carbocycles. The number of hydrogen-bond acceptors (Lipinski definition) is 5. The normalized spacial score (nSPS) is 10.6. The van der Waals surface area contributed by atoms with Gasteiger partial charge < -0.3 is 15.2 Å². The number of halogens is 1. The van der Waals surface area contributed by atoms with Gasteiger partial charge in [-0.25, -0.2) is 0 Å². The molecule has 1 aromatic heterocycles. The lowest BCUT2D eigenvalue weighted by atomic mass is 10.2. The topological polar surface area (TPSA) is 71.8 Å². The van der Waals surface area contributed by atoms with Gasteiger partial charge in [0.1, 0.15) is 0 Å². The molecule has 0 radical (unpaired) electrons. The van der Waals surface area contributed by atoms with Gasteiger partial charge in [0, 0.05) is 23.8 Å². The highest BCUT2D eigenvalue weighted by molar-refractivity contribution is 7.99. The van der Waals surface area contributed by atoms with Gasteiger partial charge in [0.25, 0.3) is 0 Å². The summed E-state index contributed by atoms with van der Waals surface area (Å²) in [4.78, 5) is 12.1. The number of carbonyl (C=O) groups excluding carboxylic acids is 1. The fourth-order valence-electron chi connectivity index (χ4n) is 2.63. The highest BCUT2D eigenvalue weighted by Gasteiger charge is 2.13. The lowest BCUT2D eigenvalue weighted by Gasteiger charge is -2.09. The molecule has 8 heteroatoms. The van der Waals surface area contributed by atoms with Crippen LogP contribution in [0.1, 0.15) is 18.3 Å². The molecule has 0 spiro atoms. The van der Waals surface area contributed by atoms with E-state index in [0.717, 1.165) is 28.8 Å². The summed E-state index contributed by atoms with van der Waals surface area (Å²) in [7, 11) is 0. The highest BCUT2D eigenvalue weighted by atomic mass is 35.5. The van der Waals surface area contributed by atoms with Crippen LogP contribution in [0.2, 0.25) is 5.02 Å². The molecule has 3 aromatic rings. The summed E-state index contributed by atoms with van der Waals surface area (Å²) < 4.78 is 2.01. The standard InChI is InChI=1S/C20H22ClN5OS/c1-2-26-18(13-22-17-10-6-9-16(21)11-17)24-25-20(26)28-14-19(27)23-12-15-7-4-3-5-8-15/h3-11,22H,2,12-14H2,1H3,(H,23,27). The van der Waals surface area contributed by atoms with E-state index in [4.69, 9.17) is 11.6 Å². The maximum Gasteiger partial charge on any atom is 0.230 e. The largest absolute Gasteiger partial charge is 0.378 e. The molecule has 1 amide bonds. The molecule has 6 nitrogen and oxygen atoms in total. The van der Waals surface area contributed by atoms with Crippen LogP contribution in [0.15, 0.2) is 59.8 Å². The minimum Gasteiger partial charge on any atom is -0.378 e. The number of nitrogens with zero attached hydrogens (tertiary/aromatic N) is 3. The van der Waals surface area contributed by atoms with Crippen molar-refractivity contribution in [1.29, 1.82) is 0 Å². The molecule has 0 unspecified atom stereocenters.